The number of aromatic nitrogens is 2. The molecule has 2 amide bonds. The first kappa shape index (κ1) is 24.7. The van der Waals surface area contributed by atoms with Gasteiger partial charge in [0.05, 0.1) is 11.4 Å². The van der Waals surface area contributed by atoms with Crippen LogP contribution in [0.25, 0.3) is 16.9 Å². The van der Waals surface area contributed by atoms with Crippen LogP contribution in [0.5, 0.6) is 11.5 Å². The van der Waals surface area contributed by atoms with E-state index >= 15 is 0 Å². The molecule has 1 saturated carbocycles. The summed E-state index contributed by atoms with van der Waals surface area (Å²) in [5, 5.41) is 2.86. The highest BCUT2D eigenvalue weighted by Gasteiger charge is 2.30. The van der Waals surface area contributed by atoms with E-state index in [1.54, 1.807) is 52.9 Å². The molecule has 0 atom stereocenters. The first-order valence-electron chi connectivity index (χ1n) is 12.8. The quantitative estimate of drug-likeness (QED) is 0.341. The lowest BCUT2D eigenvalue weighted by atomic mass is 10.1. The minimum atomic E-state index is -0.399. The van der Waals surface area contributed by atoms with Gasteiger partial charge in [0.15, 0.2) is 11.5 Å². The summed E-state index contributed by atoms with van der Waals surface area (Å²) < 4.78 is 26.9. The van der Waals surface area contributed by atoms with Crippen molar-refractivity contribution in [2.24, 2.45) is 5.92 Å². The van der Waals surface area contributed by atoms with Gasteiger partial charge in [0, 0.05) is 23.9 Å². The zero-order valence-corrected chi connectivity index (χ0v) is 21.4. The molecule has 8 nitrogen and oxygen atoms in total. The number of anilines is 1. The largest absolute Gasteiger partial charge is 0.454 e. The fraction of sp³-hybridized carbons (Fsp3) is 0.233. The third-order valence-electron chi connectivity index (χ3n) is 6.88. The van der Waals surface area contributed by atoms with Crippen molar-refractivity contribution in [2.45, 2.75) is 19.8 Å². The van der Waals surface area contributed by atoms with Gasteiger partial charge in [-0.05, 0) is 61.6 Å². The molecular formula is C30H27FN4O4. The Kier molecular flexibility index (Phi) is 6.48. The van der Waals surface area contributed by atoms with Gasteiger partial charge in [-0.1, -0.05) is 36.4 Å². The molecule has 4 aromatic rings. The van der Waals surface area contributed by atoms with Gasteiger partial charge < -0.3 is 14.4 Å². The van der Waals surface area contributed by atoms with Gasteiger partial charge in [-0.25, -0.2) is 9.37 Å². The van der Waals surface area contributed by atoms with Crippen LogP contribution in [0.2, 0.25) is 0 Å². The van der Waals surface area contributed by atoms with E-state index in [-0.39, 0.29) is 31.0 Å². The van der Waals surface area contributed by atoms with E-state index in [1.165, 1.54) is 6.07 Å². The molecule has 39 heavy (non-hydrogen) atoms. The molecule has 1 fully saturated rings. The number of amides is 2. The van der Waals surface area contributed by atoms with Crippen molar-refractivity contribution < 1.29 is 23.5 Å². The van der Waals surface area contributed by atoms with E-state index in [9.17, 15) is 14.0 Å². The number of ether oxygens (including phenoxy) is 2. The summed E-state index contributed by atoms with van der Waals surface area (Å²) in [5.74, 6) is 0.698. The molecule has 198 valence electrons. The maximum atomic E-state index is 14.4. The maximum Gasteiger partial charge on any atom is 0.254 e. The number of rotatable bonds is 8. The minimum absolute atomic E-state index is 0.115. The molecule has 1 aromatic heterocycles. The van der Waals surface area contributed by atoms with Gasteiger partial charge in [0.25, 0.3) is 5.91 Å². The molecule has 3 aromatic carbocycles. The molecular weight excluding hydrogens is 499 g/mol. The van der Waals surface area contributed by atoms with Crippen LogP contribution in [0.3, 0.4) is 0 Å². The molecule has 2 heterocycles. The Bertz CT molecular complexity index is 1550. The number of hydrogen-bond acceptors (Lipinski definition) is 5. The van der Waals surface area contributed by atoms with Crippen molar-refractivity contribution in [3.63, 3.8) is 0 Å². The third-order valence-corrected chi connectivity index (χ3v) is 6.88. The zero-order chi connectivity index (χ0) is 26.9. The molecule has 6 rings (SSSR count). The summed E-state index contributed by atoms with van der Waals surface area (Å²) in [5.41, 5.74) is 2.95. The average Bonchev–Trinajstić information content (AvgIpc) is 3.47. The van der Waals surface area contributed by atoms with Crippen molar-refractivity contribution >= 4 is 17.8 Å². The first-order chi connectivity index (χ1) is 18.9. The minimum Gasteiger partial charge on any atom is -0.454 e. The number of hydrogen-bond donors (Lipinski definition) is 1. The zero-order valence-electron chi connectivity index (χ0n) is 21.4. The van der Waals surface area contributed by atoms with E-state index in [4.69, 9.17) is 9.47 Å². The maximum absolute atomic E-state index is 14.4. The number of aryl methyl sites for hydroxylation is 1. The van der Waals surface area contributed by atoms with Crippen molar-refractivity contribution in [3.8, 4) is 28.4 Å². The Morgan fingerprint density at radius 2 is 1.85 bits per heavy atom. The Labute approximate surface area is 225 Å². The van der Waals surface area contributed by atoms with Crippen LogP contribution >= 0.6 is 0 Å². The smallest absolute Gasteiger partial charge is 0.254 e. The van der Waals surface area contributed by atoms with Crippen molar-refractivity contribution in [3.05, 3.63) is 89.9 Å². The van der Waals surface area contributed by atoms with Gasteiger partial charge in [0.2, 0.25) is 18.6 Å². The molecule has 9 heteroatoms. The molecule has 0 spiro atoms. The molecule has 1 aliphatic carbocycles. The number of imidazole rings is 1. The summed E-state index contributed by atoms with van der Waals surface area (Å²) in [6.07, 6.45) is 3.81. The van der Waals surface area contributed by atoms with Gasteiger partial charge in [-0.3, -0.25) is 19.5 Å². The van der Waals surface area contributed by atoms with E-state index in [0.717, 1.165) is 18.4 Å². The summed E-state index contributed by atoms with van der Waals surface area (Å²) in [6, 6.07) is 19.4. The number of carbonyl (C=O) groups is 2. The molecule has 1 aliphatic heterocycles. The number of nitrogens with zero attached hydrogens (tertiary/aromatic N) is 3. The molecule has 2 aliphatic rings. The topological polar surface area (TPSA) is 85.7 Å². The number of carbonyl (C=O) groups excluding carboxylic acids is 2. The monoisotopic (exact) mass is 526 g/mol. The Hall–Kier alpha value is -4.66. The Morgan fingerprint density at radius 3 is 2.62 bits per heavy atom. The highest BCUT2D eigenvalue weighted by molar-refractivity contribution is 5.99. The van der Waals surface area contributed by atoms with Crippen LogP contribution in [0.4, 0.5) is 10.3 Å². The van der Waals surface area contributed by atoms with E-state index in [1.807, 2.05) is 30.3 Å². The summed E-state index contributed by atoms with van der Waals surface area (Å²) >= 11 is 0. The Balaban J connectivity index is 1.26. The lowest BCUT2D eigenvalue weighted by Gasteiger charge is -2.22. The Morgan fingerprint density at radius 1 is 1.05 bits per heavy atom. The lowest BCUT2D eigenvalue weighted by molar-refractivity contribution is -0.117. The van der Waals surface area contributed by atoms with Crippen LogP contribution in [0, 0.1) is 18.7 Å². The van der Waals surface area contributed by atoms with E-state index in [2.05, 4.69) is 10.3 Å². The first-order valence-corrected chi connectivity index (χ1v) is 12.8. The van der Waals surface area contributed by atoms with Crippen molar-refractivity contribution in [1.82, 2.24) is 14.5 Å². The summed E-state index contributed by atoms with van der Waals surface area (Å²) in [6.45, 7) is 2.13. The highest BCUT2D eigenvalue weighted by Crippen LogP contribution is 2.34. The van der Waals surface area contributed by atoms with Gasteiger partial charge in [-0.15, -0.1) is 0 Å². The number of benzene rings is 3. The summed E-state index contributed by atoms with van der Waals surface area (Å²) in [4.78, 5) is 33.0. The lowest BCUT2D eigenvalue weighted by Crippen LogP contribution is -2.39. The van der Waals surface area contributed by atoms with Gasteiger partial charge in [0.1, 0.15) is 12.4 Å². The normalized spacial score (nSPS) is 13.8. The van der Waals surface area contributed by atoms with Crippen molar-refractivity contribution in [1.29, 1.82) is 0 Å². The number of fused-ring (bicyclic) bond motifs is 1. The molecule has 0 bridgehead atoms. The van der Waals surface area contributed by atoms with E-state index < -0.39 is 5.91 Å². The van der Waals surface area contributed by atoms with Gasteiger partial charge in [-0.2, -0.15) is 0 Å². The second-order valence-corrected chi connectivity index (χ2v) is 9.86. The second kappa shape index (κ2) is 10.2. The van der Waals surface area contributed by atoms with Crippen molar-refractivity contribution in [2.75, 3.05) is 25.2 Å². The van der Waals surface area contributed by atoms with Crippen LogP contribution < -0.4 is 14.8 Å². The second-order valence-electron chi connectivity index (χ2n) is 9.86. The predicted molar refractivity (Wildman–Crippen MR) is 144 cm³/mol. The molecule has 0 saturated heterocycles. The number of halogens is 1. The molecule has 1 N–H and O–H groups in total. The highest BCUT2D eigenvalue weighted by atomic mass is 19.1. The third kappa shape index (κ3) is 5.34. The molecule has 0 unspecified atom stereocenters. The van der Waals surface area contributed by atoms with Crippen LogP contribution in [-0.4, -0.2) is 46.1 Å². The van der Waals surface area contributed by atoms with Crippen LogP contribution in [0.1, 0.15) is 28.8 Å². The molecule has 0 radical (unpaired) electrons. The summed E-state index contributed by atoms with van der Waals surface area (Å²) in [7, 11) is 0. The van der Waals surface area contributed by atoms with Crippen LogP contribution in [-0.2, 0) is 4.79 Å². The fourth-order valence-corrected chi connectivity index (χ4v) is 4.53. The fourth-order valence-electron chi connectivity index (χ4n) is 4.53. The predicted octanol–water partition coefficient (Wildman–Crippen LogP) is 5.21. The van der Waals surface area contributed by atoms with Gasteiger partial charge >= 0.3 is 0 Å². The van der Waals surface area contributed by atoms with E-state index in [0.29, 0.717) is 46.5 Å². The average molecular weight is 527 g/mol. The number of nitrogens with one attached hydrogen (secondary N) is 1. The SMILES string of the molecule is Cc1ccc(-n2cc(-c3ccccc3)nc2NC(=O)CN(CC2CC2)C(=O)c2ccc3c(c2)OCO3)cc1F. The standard InChI is InChI=1S/C30H27FN4O4/c1-19-7-11-23(14-24(19)31)35-16-25(21-5-3-2-4-6-21)32-30(35)33-28(36)17-34(15-20-8-9-20)29(37)22-10-12-26-27(13-22)39-18-38-26/h2-7,10-14,16,20H,8-9,15,17-18H2,1H3,(H,32,33,36). The van der Waals surface area contributed by atoms with Crippen LogP contribution in [0.15, 0.2) is 72.9 Å².